The molecule has 45 heavy (non-hydrogen) atoms. The summed E-state index contributed by atoms with van der Waals surface area (Å²) in [6.07, 6.45) is -1.87. The lowest BCUT2D eigenvalue weighted by Crippen LogP contribution is -2.59. The van der Waals surface area contributed by atoms with Gasteiger partial charge in [-0.2, -0.15) is 13.2 Å². The molecule has 0 aromatic heterocycles. The van der Waals surface area contributed by atoms with Crippen LogP contribution in [0.15, 0.2) is 36.0 Å². The summed E-state index contributed by atoms with van der Waals surface area (Å²) in [4.78, 5) is 26.4. The first-order valence-electron chi connectivity index (χ1n) is 15.5. The molecule has 0 bridgehead atoms. The Kier molecular flexibility index (Phi) is 12.7. The average molecular weight is 647 g/mol. The summed E-state index contributed by atoms with van der Waals surface area (Å²) in [6, 6.07) is -0.353. The van der Waals surface area contributed by atoms with Crippen LogP contribution in [0.1, 0.15) is 60.8 Å². The van der Waals surface area contributed by atoms with Gasteiger partial charge in [-0.25, -0.2) is 4.79 Å². The van der Waals surface area contributed by atoms with Crippen LogP contribution in [0.4, 0.5) is 18.0 Å². The highest BCUT2D eigenvalue weighted by Crippen LogP contribution is 2.39. The van der Waals surface area contributed by atoms with Crippen molar-refractivity contribution in [3.63, 3.8) is 0 Å². The van der Waals surface area contributed by atoms with Gasteiger partial charge >= 0.3 is 12.3 Å². The lowest BCUT2D eigenvalue weighted by molar-refractivity contribution is -0.233. The van der Waals surface area contributed by atoms with Crippen LogP contribution >= 0.6 is 0 Å². The third-order valence-corrected chi connectivity index (χ3v) is 8.62. The molecule has 0 saturated carbocycles. The fourth-order valence-corrected chi connectivity index (χ4v) is 6.01. The van der Waals surface area contributed by atoms with E-state index in [0.29, 0.717) is 39.1 Å². The maximum absolute atomic E-state index is 14.0. The van der Waals surface area contributed by atoms with E-state index in [0.717, 1.165) is 12.2 Å². The monoisotopic (exact) mass is 646 g/mol. The number of hydrogen-bond acceptors (Lipinski definition) is 8. The zero-order valence-corrected chi connectivity index (χ0v) is 27.3. The van der Waals surface area contributed by atoms with E-state index in [2.05, 4.69) is 5.32 Å². The number of ether oxygens (including phenoxy) is 5. The standard InChI is InChI=1S/C32H49F3N2O8/c1-20-18-24(36-27(38)13-8-21(2)43-29(40)37-14-16-42-17-15-37)22(3)44-25(20)11-9-23(32(33,34)35)10-12-26-28(39)31(6,41-7)19-30(4,5)45-26/h8-10,12-13,20-22,24-26,28,39H,11,14-19H2,1-7H3,(H,36,38)/b12-10+,13-8-,23-9-/t20-,21-,22+,24+,25-,26+,28+,31-/m0/s1. The Balaban J connectivity index is 1.56. The number of aliphatic hydroxyl groups is 1. The number of alkyl halides is 3. The van der Waals surface area contributed by atoms with E-state index < -0.39 is 59.6 Å². The van der Waals surface area contributed by atoms with Gasteiger partial charge in [-0.1, -0.05) is 25.2 Å². The highest BCUT2D eigenvalue weighted by molar-refractivity contribution is 5.87. The molecule has 8 atom stereocenters. The first-order chi connectivity index (χ1) is 20.9. The Labute approximate surface area is 263 Å². The molecule has 256 valence electrons. The number of rotatable bonds is 9. The predicted octanol–water partition coefficient (Wildman–Crippen LogP) is 4.47. The first-order valence-corrected chi connectivity index (χ1v) is 15.5. The fraction of sp³-hybridized carbons (Fsp3) is 0.750. The SMILES string of the molecule is CO[C@@]1(C)CC(C)(C)O[C@H](/C=C/C(=C/C[C@@H]2O[C@H](C)[C@H](NC(=O)/C=C\[C@H](C)OC(=O)N3CCOCC3)C[C@@H]2C)C(F)(F)F)[C@H]1O. The molecule has 0 aromatic rings. The van der Waals surface area contributed by atoms with Crippen LogP contribution in [0.5, 0.6) is 0 Å². The lowest BCUT2D eigenvalue weighted by atomic mass is 9.80. The molecule has 0 aliphatic carbocycles. The highest BCUT2D eigenvalue weighted by atomic mass is 19.4. The molecule has 3 aliphatic rings. The Bertz CT molecular complexity index is 1100. The molecule has 0 unspecified atom stereocenters. The molecule has 3 saturated heterocycles. The topological polar surface area (TPSA) is 116 Å². The second-order valence-electron chi connectivity index (χ2n) is 13.0. The first kappa shape index (κ1) is 37.0. The van der Waals surface area contributed by atoms with E-state index in [-0.39, 0.29) is 24.3 Å². The van der Waals surface area contributed by atoms with Crippen LogP contribution in [0.25, 0.3) is 0 Å². The summed E-state index contributed by atoms with van der Waals surface area (Å²) in [5.41, 5.74) is -2.55. The van der Waals surface area contributed by atoms with Crippen molar-refractivity contribution in [1.82, 2.24) is 10.2 Å². The number of nitrogens with one attached hydrogen (secondary N) is 1. The van der Waals surface area contributed by atoms with Gasteiger partial charge in [0.2, 0.25) is 5.91 Å². The maximum Gasteiger partial charge on any atom is 0.416 e. The number of carbonyl (C=O) groups is 2. The molecule has 3 aliphatic heterocycles. The molecule has 2 N–H and O–H groups in total. The number of carbonyl (C=O) groups excluding carboxylic acids is 2. The van der Waals surface area contributed by atoms with Crippen LogP contribution in [-0.4, -0.2) is 109 Å². The van der Waals surface area contributed by atoms with Crippen molar-refractivity contribution in [1.29, 1.82) is 0 Å². The van der Waals surface area contributed by atoms with Crippen molar-refractivity contribution >= 4 is 12.0 Å². The Hall–Kier alpha value is -2.45. The van der Waals surface area contributed by atoms with Gasteiger partial charge in [0.25, 0.3) is 0 Å². The number of nitrogens with zero attached hydrogens (tertiary/aromatic N) is 1. The molecule has 0 spiro atoms. The van der Waals surface area contributed by atoms with Gasteiger partial charge in [-0.3, -0.25) is 4.79 Å². The molecule has 0 aromatic carbocycles. The second kappa shape index (κ2) is 15.4. The van der Waals surface area contributed by atoms with Crippen molar-refractivity contribution < 1.29 is 51.6 Å². The number of methoxy groups -OCH3 is 1. The van der Waals surface area contributed by atoms with Gasteiger partial charge in [0, 0.05) is 32.7 Å². The third kappa shape index (κ3) is 10.5. The quantitative estimate of drug-likeness (QED) is 0.279. The minimum Gasteiger partial charge on any atom is -0.442 e. The van der Waals surface area contributed by atoms with E-state index in [1.807, 2.05) is 6.92 Å². The summed E-state index contributed by atoms with van der Waals surface area (Å²) < 4.78 is 70.0. The van der Waals surface area contributed by atoms with Gasteiger partial charge in [-0.05, 0) is 59.5 Å². The number of allylic oxidation sites excluding steroid dienone is 2. The number of amides is 2. The summed E-state index contributed by atoms with van der Waals surface area (Å²) in [7, 11) is 1.46. The summed E-state index contributed by atoms with van der Waals surface area (Å²) in [5, 5.41) is 13.7. The molecule has 13 heteroatoms. The Morgan fingerprint density at radius 3 is 2.44 bits per heavy atom. The highest BCUT2D eigenvalue weighted by Gasteiger charge is 2.49. The summed E-state index contributed by atoms with van der Waals surface area (Å²) in [5.74, 6) is -0.537. The fourth-order valence-electron chi connectivity index (χ4n) is 6.01. The van der Waals surface area contributed by atoms with Crippen LogP contribution in [0.3, 0.4) is 0 Å². The van der Waals surface area contributed by atoms with Gasteiger partial charge in [0.05, 0.1) is 48.2 Å². The van der Waals surface area contributed by atoms with Crippen LogP contribution in [0, 0.1) is 5.92 Å². The molecule has 3 heterocycles. The van der Waals surface area contributed by atoms with Crippen LogP contribution in [0.2, 0.25) is 0 Å². The molecule has 3 fully saturated rings. The normalized spacial score (nSPS) is 33.8. The second-order valence-corrected chi connectivity index (χ2v) is 13.0. The van der Waals surface area contributed by atoms with E-state index in [1.165, 1.54) is 25.3 Å². The lowest BCUT2D eigenvalue weighted by Gasteiger charge is -2.48. The Morgan fingerprint density at radius 1 is 1.16 bits per heavy atom. The third-order valence-electron chi connectivity index (χ3n) is 8.62. The van der Waals surface area contributed by atoms with Crippen molar-refractivity contribution in [3.05, 3.63) is 36.0 Å². The average Bonchev–Trinajstić information content (AvgIpc) is 2.96. The smallest absolute Gasteiger partial charge is 0.416 e. The van der Waals surface area contributed by atoms with Crippen LogP contribution in [-0.2, 0) is 28.5 Å². The minimum absolute atomic E-state index is 0.00659. The van der Waals surface area contributed by atoms with E-state index in [1.54, 1.807) is 39.5 Å². The summed E-state index contributed by atoms with van der Waals surface area (Å²) >= 11 is 0. The van der Waals surface area contributed by atoms with Crippen molar-refractivity contribution in [2.24, 2.45) is 5.92 Å². The summed E-state index contributed by atoms with van der Waals surface area (Å²) in [6.45, 7) is 12.4. The van der Waals surface area contributed by atoms with Crippen molar-refractivity contribution in [2.75, 3.05) is 33.4 Å². The van der Waals surface area contributed by atoms with E-state index >= 15 is 0 Å². The molecule has 3 rings (SSSR count). The van der Waals surface area contributed by atoms with Gasteiger partial charge in [-0.15, -0.1) is 0 Å². The van der Waals surface area contributed by atoms with E-state index in [4.69, 9.17) is 23.7 Å². The number of morpholine rings is 1. The predicted molar refractivity (Wildman–Crippen MR) is 160 cm³/mol. The zero-order chi connectivity index (χ0) is 33.6. The maximum atomic E-state index is 14.0. The van der Waals surface area contributed by atoms with Crippen LogP contribution < -0.4 is 5.32 Å². The molecular weight excluding hydrogens is 597 g/mol. The minimum atomic E-state index is -4.63. The van der Waals surface area contributed by atoms with Crippen molar-refractivity contribution in [3.8, 4) is 0 Å². The number of aliphatic hydroxyl groups excluding tert-OH is 1. The number of halogens is 3. The molecule has 10 nitrogen and oxygen atoms in total. The van der Waals surface area contributed by atoms with E-state index in [9.17, 15) is 27.9 Å². The number of hydrogen-bond donors (Lipinski definition) is 2. The molecule has 0 radical (unpaired) electrons. The zero-order valence-electron chi connectivity index (χ0n) is 27.3. The van der Waals surface area contributed by atoms with Gasteiger partial charge in [0.1, 0.15) is 18.3 Å². The van der Waals surface area contributed by atoms with Gasteiger partial charge < -0.3 is 39.0 Å². The van der Waals surface area contributed by atoms with Gasteiger partial charge in [0.15, 0.2) is 0 Å². The van der Waals surface area contributed by atoms with Crippen molar-refractivity contribution in [2.45, 2.75) is 115 Å². The molecule has 2 amide bonds. The largest absolute Gasteiger partial charge is 0.442 e. The molecular formula is C32H49F3N2O8. The Morgan fingerprint density at radius 2 is 1.82 bits per heavy atom.